The van der Waals surface area contributed by atoms with Crippen LogP contribution in [0.5, 0.6) is 0 Å². The zero-order valence-corrected chi connectivity index (χ0v) is 12.1. The Morgan fingerprint density at radius 1 is 0.947 bits per heavy atom. The Balaban J connectivity index is 1.65. The molecule has 1 N–H and O–H groups in total. The van der Waals surface area contributed by atoms with E-state index in [9.17, 15) is 0 Å². The zero-order chi connectivity index (χ0) is 13.1. The summed E-state index contributed by atoms with van der Waals surface area (Å²) in [5, 5.41) is 3.99. The van der Waals surface area contributed by atoms with Gasteiger partial charge in [0.2, 0.25) is 0 Å². The second kappa shape index (κ2) is 6.09. The highest BCUT2D eigenvalue weighted by Crippen LogP contribution is 2.41. The van der Waals surface area contributed by atoms with E-state index >= 15 is 0 Å². The molecule has 2 fully saturated rings. The first-order chi connectivity index (χ1) is 9.33. The highest BCUT2D eigenvalue weighted by molar-refractivity contribution is 5.21. The molecular formula is C18H27N. The van der Waals surface area contributed by atoms with Crippen molar-refractivity contribution in [3.63, 3.8) is 0 Å². The quantitative estimate of drug-likeness (QED) is 0.771. The van der Waals surface area contributed by atoms with Crippen LogP contribution in [0.1, 0.15) is 63.5 Å². The summed E-state index contributed by atoms with van der Waals surface area (Å²) in [6.45, 7) is 2.41. The van der Waals surface area contributed by atoms with Gasteiger partial charge in [-0.05, 0) is 49.5 Å². The average molecular weight is 257 g/mol. The molecule has 0 amide bonds. The molecule has 0 aromatic heterocycles. The smallest absolute Gasteiger partial charge is 0.0351 e. The molecule has 1 nitrogen and oxygen atoms in total. The van der Waals surface area contributed by atoms with E-state index in [0.717, 1.165) is 17.9 Å². The van der Waals surface area contributed by atoms with Crippen molar-refractivity contribution in [3.05, 3.63) is 35.9 Å². The summed E-state index contributed by atoms with van der Waals surface area (Å²) in [7, 11) is 0. The van der Waals surface area contributed by atoms with Gasteiger partial charge in [0.15, 0.2) is 0 Å². The number of benzene rings is 1. The first-order valence-electron chi connectivity index (χ1n) is 8.14. The van der Waals surface area contributed by atoms with Crippen molar-refractivity contribution in [1.29, 1.82) is 0 Å². The molecule has 2 aliphatic carbocycles. The zero-order valence-electron chi connectivity index (χ0n) is 12.1. The topological polar surface area (TPSA) is 12.0 Å². The maximum absolute atomic E-state index is 3.99. The minimum Gasteiger partial charge on any atom is -0.307 e. The number of hydrogen-bond donors (Lipinski definition) is 1. The number of hydrogen-bond acceptors (Lipinski definition) is 1. The molecular weight excluding hydrogens is 230 g/mol. The third-order valence-electron chi connectivity index (χ3n) is 4.92. The lowest BCUT2D eigenvalue weighted by atomic mass is 9.99. The van der Waals surface area contributed by atoms with Crippen LogP contribution in [0.2, 0.25) is 0 Å². The fourth-order valence-electron chi connectivity index (χ4n) is 3.50. The largest absolute Gasteiger partial charge is 0.307 e. The van der Waals surface area contributed by atoms with Crippen molar-refractivity contribution in [2.75, 3.05) is 0 Å². The third-order valence-corrected chi connectivity index (χ3v) is 4.92. The molecule has 2 saturated carbocycles. The van der Waals surface area contributed by atoms with Gasteiger partial charge in [-0.2, -0.15) is 0 Å². The van der Waals surface area contributed by atoms with Crippen molar-refractivity contribution < 1.29 is 0 Å². The molecule has 2 aliphatic rings. The highest BCUT2D eigenvalue weighted by Gasteiger charge is 2.33. The highest BCUT2D eigenvalue weighted by atomic mass is 15.0. The van der Waals surface area contributed by atoms with Gasteiger partial charge in [-0.15, -0.1) is 0 Å². The van der Waals surface area contributed by atoms with E-state index in [1.807, 2.05) is 0 Å². The van der Waals surface area contributed by atoms with Gasteiger partial charge < -0.3 is 5.32 Å². The van der Waals surface area contributed by atoms with E-state index in [2.05, 4.69) is 42.6 Å². The minimum atomic E-state index is 0.611. The molecule has 0 heterocycles. The molecule has 0 saturated heterocycles. The van der Waals surface area contributed by atoms with Gasteiger partial charge in [0.25, 0.3) is 0 Å². The molecule has 3 unspecified atom stereocenters. The first-order valence-corrected chi connectivity index (χ1v) is 8.14. The molecule has 0 aliphatic heterocycles. The van der Waals surface area contributed by atoms with Crippen LogP contribution < -0.4 is 5.32 Å². The van der Waals surface area contributed by atoms with Crippen molar-refractivity contribution in [3.8, 4) is 0 Å². The Kier molecular flexibility index (Phi) is 4.22. The minimum absolute atomic E-state index is 0.611. The van der Waals surface area contributed by atoms with Crippen molar-refractivity contribution >= 4 is 0 Å². The summed E-state index contributed by atoms with van der Waals surface area (Å²) in [4.78, 5) is 0. The van der Waals surface area contributed by atoms with Crippen molar-refractivity contribution in [2.45, 2.75) is 64.0 Å². The molecule has 19 heavy (non-hydrogen) atoms. The maximum atomic E-state index is 3.99. The van der Waals surface area contributed by atoms with Crippen molar-refractivity contribution in [2.24, 2.45) is 11.8 Å². The van der Waals surface area contributed by atoms with E-state index in [0.29, 0.717) is 6.04 Å². The van der Waals surface area contributed by atoms with Gasteiger partial charge in [-0.3, -0.25) is 0 Å². The van der Waals surface area contributed by atoms with Gasteiger partial charge in [0.1, 0.15) is 0 Å². The molecule has 1 aromatic rings. The van der Waals surface area contributed by atoms with Gasteiger partial charge in [-0.25, -0.2) is 0 Å². The molecule has 0 spiro atoms. The first kappa shape index (κ1) is 13.2. The summed E-state index contributed by atoms with van der Waals surface area (Å²) in [6.07, 6.45) is 9.81. The predicted molar refractivity (Wildman–Crippen MR) is 81.1 cm³/mol. The van der Waals surface area contributed by atoms with E-state index in [4.69, 9.17) is 0 Å². The van der Waals surface area contributed by atoms with Crippen LogP contribution in [-0.2, 0) is 0 Å². The normalized spacial score (nSPS) is 29.7. The second-order valence-electron chi connectivity index (χ2n) is 6.70. The van der Waals surface area contributed by atoms with Crippen LogP contribution in [0, 0.1) is 11.8 Å². The molecule has 1 heteroatoms. The average Bonchev–Trinajstić information content (AvgIpc) is 3.26. The van der Waals surface area contributed by atoms with Crippen LogP contribution in [0.15, 0.2) is 30.3 Å². The summed E-state index contributed by atoms with van der Waals surface area (Å²) in [5.41, 5.74) is 1.50. The molecule has 0 radical (unpaired) electrons. The maximum Gasteiger partial charge on any atom is 0.0351 e. The Bertz CT molecular complexity index is 382. The number of rotatable bonds is 4. The van der Waals surface area contributed by atoms with Crippen LogP contribution in [0.4, 0.5) is 0 Å². The van der Waals surface area contributed by atoms with Crippen LogP contribution in [0.3, 0.4) is 0 Å². The third kappa shape index (κ3) is 3.60. The van der Waals surface area contributed by atoms with Gasteiger partial charge in [0, 0.05) is 12.1 Å². The monoisotopic (exact) mass is 257 g/mol. The van der Waals surface area contributed by atoms with Gasteiger partial charge in [0.05, 0.1) is 0 Å². The lowest BCUT2D eigenvalue weighted by Gasteiger charge is -2.25. The van der Waals surface area contributed by atoms with E-state index in [1.54, 1.807) is 0 Å². The molecule has 3 atom stereocenters. The number of nitrogens with one attached hydrogen (secondary N) is 1. The van der Waals surface area contributed by atoms with E-state index in [-0.39, 0.29) is 0 Å². The SMILES string of the molecule is CC1CCCC(NC(c2ccccc2)C2CC2)CC1. The Morgan fingerprint density at radius 2 is 1.74 bits per heavy atom. The summed E-state index contributed by atoms with van der Waals surface area (Å²) >= 11 is 0. The van der Waals surface area contributed by atoms with Gasteiger partial charge in [-0.1, -0.05) is 50.1 Å². The summed E-state index contributed by atoms with van der Waals surface area (Å²) in [6, 6.07) is 12.4. The Morgan fingerprint density at radius 3 is 2.47 bits per heavy atom. The molecule has 0 bridgehead atoms. The lowest BCUT2D eigenvalue weighted by molar-refractivity contribution is 0.370. The van der Waals surface area contributed by atoms with Crippen LogP contribution >= 0.6 is 0 Å². The van der Waals surface area contributed by atoms with E-state index < -0.39 is 0 Å². The fraction of sp³-hybridized carbons (Fsp3) is 0.667. The summed E-state index contributed by atoms with van der Waals surface area (Å²) in [5.74, 6) is 1.82. The molecule has 1 aromatic carbocycles. The van der Waals surface area contributed by atoms with Crippen LogP contribution in [-0.4, -0.2) is 6.04 Å². The summed E-state index contributed by atoms with van der Waals surface area (Å²) < 4.78 is 0. The second-order valence-corrected chi connectivity index (χ2v) is 6.70. The lowest BCUT2D eigenvalue weighted by Crippen LogP contribution is -2.33. The molecule has 104 valence electrons. The van der Waals surface area contributed by atoms with E-state index in [1.165, 1.54) is 50.5 Å². The Hall–Kier alpha value is -0.820. The van der Waals surface area contributed by atoms with Crippen molar-refractivity contribution in [1.82, 2.24) is 5.32 Å². The molecule has 3 rings (SSSR count). The Labute approximate surface area is 117 Å². The fourth-order valence-corrected chi connectivity index (χ4v) is 3.50. The van der Waals surface area contributed by atoms with Gasteiger partial charge >= 0.3 is 0 Å². The predicted octanol–water partition coefficient (Wildman–Crippen LogP) is 4.70. The standard InChI is InChI=1S/C18H27N/c1-14-6-5-9-17(13-10-14)19-18(16-11-12-16)15-7-3-2-4-8-15/h2-4,7-8,14,16-19H,5-6,9-13H2,1H3. The van der Waals surface area contributed by atoms with Crippen LogP contribution in [0.25, 0.3) is 0 Å².